The Morgan fingerprint density at radius 2 is 2.15 bits per heavy atom. The molecular weight excluding hydrogens is 262 g/mol. The molecule has 0 aromatic carbocycles. The molecule has 1 aliphatic carbocycles. The molecule has 1 heterocycles. The number of hydrogen-bond acceptors (Lipinski definition) is 4. The number of carboxylic acid groups (broad SMARTS) is 1. The molecule has 1 saturated carbocycles. The highest BCUT2D eigenvalue weighted by Gasteiger charge is 2.37. The van der Waals surface area contributed by atoms with E-state index in [4.69, 9.17) is 14.6 Å². The number of hydrogen-bond donors (Lipinski definition) is 2. The summed E-state index contributed by atoms with van der Waals surface area (Å²) < 4.78 is 10.8. The molecule has 2 fully saturated rings. The van der Waals surface area contributed by atoms with E-state index in [0.717, 1.165) is 19.3 Å². The van der Waals surface area contributed by atoms with Gasteiger partial charge in [-0.25, -0.2) is 0 Å². The maximum Gasteiger partial charge on any atom is 0.306 e. The van der Waals surface area contributed by atoms with Crippen LogP contribution in [0.4, 0.5) is 0 Å². The second-order valence-corrected chi connectivity index (χ2v) is 5.81. The number of carbonyl (C=O) groups excluding carboxylic acids is 1. The largest absolute Gasteiger partial charge is 0.481 e. The number of rotatable bonds is 5. The highest BCUT2D eigenvalue weighted by atomic mass is 16.5. The zero-order valence-corrected chi connectivity index (χ0v) is 11.9. The average molecular weight is 285 g/mol. The van der Waals surface area contributed by atoms with Gasteiger partial charge in [0.2, 0.25) is 5.91 Å². The SMILES string of the molecule is COC1(CNC(=O)C2CCCC(C(=O)O)C2)CCOC1. The molecule has 0 aromatic heterocycles. The van der Waals surface area contributed by atoms with Gasteiger partial charge in [-0.1, -0.05) is 6.42 Å². The Morgan fingerprint density at radius 1 is 1.40 bits per heavy atom. The standard InChI is InChI=1S/C14H23NO5/c1-19-14(5-6-20-9-14)8-15-12(16)10-3-2-4-11(7-10)13(17)18/h10-11H,2-9H2,1H3,(H,15,16)(H,17,18). The molecule has 3 atom stereocenters. The highest BCUT2D eigenvalue weighted by Crippen LogP contribution is 2.29. The van der Waals surface area contributed by atoms with Crippen LogP contribution in [0.3, 0.4) is 0 Å². The van der Waals surface area contributed by atoms with E-state index >= 15 is 0 Å². The summed E-state index contributed by atoms with van der Waals surface area (Å²) in [4.78, 5) is 23.2. The van der Waals surface area contributed by atoms with E-state index in [9.17, 15) is 9.59 Å². The first-order valence-corrected chi connectivity index (χ1v) is 7.20. The Hall–Kier alpha value is -1.14. The van der Waals surface area contributed by atoms with E-state index in [-0.39, 0.29) is 17.7 Å². The molecule has 1 saturated heterocycles. The molecule has 0 spiro atoms. The van der Waals surface area contributed by atoms with Gasteiger partial charge >= 0.3 is 5.97 Å². The summed E-state index contributed by atoms with van der Waals surface area (Å²) in [6.07, 6.45) is 3.46. The molecule has 2 aliphatic rings. The van der Waals surface area contributed by atoms with Crippen molar-refractivity contribution < 1.29 is 24.2 Å². The van der Waals surface area contributed by atoms with Crippen molar-refractivity contribution >= 4 is 11.9 Å². The fourth-order valence-corrected chi connectivity index (χ4v) is 3.01. The van der Waals surface area contributed by atoms with Crippen molar-refractivity contribution in [1.29, 1.82) is 0 Å². The Balaban J connectivity index is 1.83. The summed E-state index contributed by atoms with van der Waals surface area (Å²) in [5.74, 6) is -1.42. The van der Waals surface area contributed by atoms with Crippen molar-refractivity contribution in [2.45, 2.75) is 37.7 Å². The third kappa shape index (κ3) is 3.49. The molecule has 0 radical (unpaired) electrons. The molecule has 20 heavy (non-hydrogen) atoms. The van der Waals surface area contributed by atoms with Crippen LogP contribution in [0.5, 0.6) is 0 Å². The Morgan fingerprint density at radius 3 is 2.75 bits per heavy atom. The molecule has 6 nitrogen and oxygen atoms in total. The molecule has 114 valence electrons. The van der Waals surface area contributed by atoms with Gasteiger partial charge in [-0.3, -0.25) is 9.59 Å². The lowest BCUT2D eigenvalue weighted by atomic mass is 9.81. The van der Waals surface area contributed by atoms with E-state index < -0.39 is 11.6 Å². The summed E-state index contributed by atoms with van der Waals surface area (Å²) in [6.45, 7) is 1.57. The minimum atomic E-state index is -0.792. The van der Waals surface area contributed by atoms with E-state index in [2.05, 4.69) is 5.32 Å². The highest BCUT2D eigenvalue weighted by molar-refractivity contribution is 5.80. The first kappa shape index (κ1) is 15.3. The minimum absolute atomic E-state index is 0.0562. The Labute approximate surface area is 118 Å². The number of ether oxygens (including phenoxy) is 2. The topological polar surface area (TPSA) is 84.9 Å². The van der Waals surface area contributed by atoms with Gasteiger partial charge < -0.3 is 19.9 Å². The van der Waals surface area contributed by atoms with Gasteiger partial charge in [-0.05, 0) is 19.3 Å². The van der Waals surface area contributed by atoms with Crippen LogP contribution in [0, 0.1) is 11.8 Å². The average Bonchev–Trinajstić information content (AvgIpc) is 2.94. The van der Waals surface area contributed by atoms with Crippen molar-refractivity contribution in [3.05, 3.63) is 0 Å². The minimum Gasteiger partial charge on any atom is -0.481 e. The van der Waals surface area contributed by atoms with E-state index in [1.54, 1.807) is 7.11 Å². The molecule has 2 rings (SSSR count). The smallest absolute Gasteiger partial charge is 0.306 e. The monoisotopic (exact) mass is 285 g/mol. The fraction of sp³-hybridized carbons (Fsp3) is 0.857. The molecule has 0 bridgehead atoms. The van der Waals surface area contributed by atoms with Crippen molar-refractivity contribution in [3.8, 4) is 0 Å². The van der Waals surface area contributed by atoms with E-state index in [1.165, 1.54) is 0 Å². The third-order valence-corrected chi connectivity index (χ3v) is 4.48. The molecule has 6 heteroatoms. The molecule has 1 amide bonds. The van der Waals surface area contributed by atoms with Gasteiger partial charge in [-0.2, -0.15) is 0 Å². The van der Waals surface area contributed by atoms with E-state index in [0.29, 0.717) is 32.6 Å². The number of aliphatic carboxylic acids is 1. The number of carbonyl (C=O) groups is 2. The first-order chi connectivity index (χ1) is 9.56. The van der Waals surface area contributed by atoms with Gasteiger partial charge in [0.1, 0.15) is 5.60 Å². The van der Waals surface area contributed by atoms with Crippen molar-refractivity contribution in [2.24, 2.45) is 11.8 Å². The normalized spacial score (nSPS) is 33.9. The predicted molar refractivity (Wildman–Crippen MR) is 71.3 cm³/mol. The van der Waals surface area contributed by atoms with Crippen molar-refractivity contribution in [3.63, 3.8) is 0 Å². The van der Waals surface area contributed by atoms with Gasteiger partial charge in [0, 0.05) is 32.6 Å². The van der Waals surface area contributed by atoms with E-state index in [1.807, 2.05) is 0 Å². The van der Waals surface area contributed by atoms with Crippen LogP contribution < -0.4 is 5.32 Å². The second-order valence-electron chi connectivity index (χ2n) is 5.81. The molecule has 3 unspecified atom stereocenters. The van der Waals surface area contributed by atoms with Crippen LogP contribution >= 0.6 is 0 Å². The van der Waals surface area contributed by atoms with Crippen LogP contribution in [-0.4, -0.2) is 49.5 Å². The predicted octanol–water partition coefficient (Wildman–Crippen LogP) is 0.799. The fourth-order valence-electron chi connectivity index (χ4n) is 3.01. The van der Waals surface area contributed by atoms with Crippen LogP contribution in [-0.2, 0) is 19.1 Å². The Kier molecular flexibility index (Phi) is 4.99. The summed E-state index contributed by atoms with van der Waals surface area (Å²) >= 11 is 0. The molecular formula is C14H23NO5. The lowest BCUT2D eigenvalue weighted by molar-refractivity contribution is -0.144. The van der Waals surface area contributed by atoms with Crippen molar-refractivity contribution in [2.75, 3.05) is 26.9 Å². The number of amides is 1. The van der Waals surface area contributed by atoms with Crippen molar-refractivity contribution in [1.82, 2.24) is 5.32 Å². The first-order valence-electron chi connectivity index (χ1n) is 7.20. The van der Waals surface area contributed by atoms with Crippen LogP contribution in [0.15, 0.2) is 0 Å². The second kappa shape index (κ2) is 6.54. The number of nitrogens with one attached hydrogen (secondary N) is 1. The quantitative estimate of drug-likeness (QED) is 0.780. The van der Waals surface area contributed by atoms with Gasteiger partial charge in [0.15, 0.2) is 0 Å². The van der Waals surface area contributed by atoms with Gasteiger partial charge in [0.05, 0.1) is 12.5 Å². The molecule has 1 aliphatic heterocycles. The lowest BCUT2D eigenvalue weighted by Gasteiger charge is -2.29. The molecule has 0 aromatic rings. The van der Waals surface area contributed by atoms with Gasteiger partial charge in [0.25, 0.3) is 0 Å². The zero-order valence-electron chi connectivity index (χ0n) is 11.9. The van der Waals surface area contributed by atoms with Crippen LogP contribution in [0.25, 0.3) is 0 Å². The summed E-state index contributed by atoms with van der Waals surface area (Å²) in [6, 6.07) is 0. The maximum atomic E-state index is 12.2. The summed E-state index contributed by atoms with van der Waals surface area (Å²) in [7, 11) is 1.63. The summed E-state index contributed by atoms with van der Waals surface area (Å²) in [5.41, 5.74) is -0.420. The van der Waals surface area contributed by atoms with Crippen LogP contribution in [0.1, 0.15) is 32.1 Å². The summed E-state index contributed by atoms with van der Waals surface area (Å²) in [5, 5.41) is 12.0. The lowest BCUT2D eigenvalue weighted by Crippen LogP contribution is -2.47. The maximum absolute atomic E-state index is 12.2. The van der Waals surface area contributed by atoms with Crippen LogP contribution in [0.2, 0.25) is 0 Å². The third-order valence-electron chi connectivity index (χ3n) is 4.48. The van der Waals surface area contributed by atoms with Gasteiger partial charge in [-0.15, -0.1) is 0 Å². The number of methoxy groups -OCH3 is 1. The zero-order chi connectivity index (χ0) is 14.6. The number of carboxylic acids is 1. The Bertz CT molecular complexity index is 365. The molecule has 2 N–H and O–H groups in total.